The number of unbranched alkanes of at least 4 members (excludes halogenated alkanes) is 1. The van der Waals surface area contributed by atoms with Crippen LogP contribution in [0, 0.1) is 0 Å². The first-order valence-corrected chi connectivity index (χ1v) is 11.7. The van der Waals surface area contributed by atoms with E-state index in [9.17, 15) is 18.0 Å². The number of aryl methyl sites for hydroxylation is 1. The third kappa shape index (κ3) is 6.59. The molecule has 1 N–H and O–H groups in total. The van der Waals surface area contributed by atoms with Gasteiger partial charge in [0.05, 0.1) is 24.1 Å². The number of nitrogens with zero attached hydrogens (tertiary/aromatic N) is 1. The first kappa shape index (κ1) is 23.4. The molecule has 0 radical (unpaired) electrons. The van der Waals surface area contributed by atoms with Gasteiger partial charge in [-0.1, -0.05) is 38.5 Å². The van der Waals surface area contributed by atoms with Crippen molar-refractivity contribution < 1.29 is 22.7 Å². The summed E-state index contributed by atoms with van der Waals surface area (Å²) in [7, 11) is -3.66. The molecule has 0 unspecified atom stereocenters. The average Bonchev–Trinajstić information content (AvgIpc) is 2.72. The Hall–Kier alpha value is -2.87. The molecule has 30 heavy (non-hydrogen) atoms. The van der Waals surface area contributed by atoms with E-state index in [1.165, 1.54) is 0 Å². The Kier molecular flexibility index (Phi) is 8.41. The topological polar surface area (TPSA) is 92.8 Å². The predicted molar refractivity (Wildman–Crippen MR) is 118 cm³/mol. The summed E-state index contributed by atoms with van der Waals surface area (Å²) in [5.41, 5.74) is 2.17. The molecule has 0 aliphatic carbocycles. The van der Waals surface area contributed by atoms with Crippen LogP contribution in [0.15, 0.2) is 48.5 Å². The molecular weight excluding hydrogens is 404 g/mol. The van der Waals surface area contributed by atoms with Crippen molar-refractivity contribution in [3.05, 3.63) is 59.7 Å². The van der Waals surface area contributed by atoms with Gasteiger partial charge in [0.15, 0.2) is 0 Å². The lowest BCUT2D eigenvalue weighted by atomic mass is 10.1. The van der Waals surface area contributed by atoms with Crippen LogP contribution in [0.5, 0.6) is 0 Å². The standard InChI is InChI=1S/C22H28N2O5S/c1-4-6-15-29-22(26)18-11-13-19(14-12-18)23-21(25)16-24(30(3,27)28)20-10-8-7-9-17(20)5-2/h7-14H,4-6,15-16H2,1-3H3,(H,23,25). The van der Waals surface area contributed by atoms with Crippen molar-refractivity contribution in [1.29, 1.82) is 0 Å². The molecule has 0 aliphatic rings. The molecule has 162 valence electrons. The van der Waals surface area contributed by atoms with E-state index in [1.807, 2.05) is 26.0 Å². The van der Waals surface area contributed by atoms with Crippen LogP contribution >= 0.6 is 0 Å². The Labute approximate surface area is 178 Å². The van der Waals surface area contributed by atoms with Crippen molar-refractivity contribution in [2.75, 3.05) is 29.0 Å². The summed E-state index contributed by atoms with van der Waals surface area (Å²) in [6.07, 6.45) is 3.45. The Balaban J connectivity index is 2.08. The van der Waals surface area contributed by atoms with Gasteiger partial charge in [0.25, 0.3) is 0 Å². The summed E-state index contributed by atoms with van der Waals surface area (Å²) in [6.45, 7) is 3.95. The van der Waals surface area contributed by atoms with Crippen LogP contribution in [0.2, 0.25) is 0 Å². The fraction of sp³-hybridized carbons (Fsp3) is 0.364. The van der Waals surface area contributed by atoms with Crippen LogP contribution in [0.4, 0.5) is 11.4 Å². The zero-order valence-electron chi connectivity index (χ0n) is 17.6. The average molecular weight is 433 g/mol. The van der Waals surface area contributed by atoms with Crippen molar-refractivity contribution in [2.45, 2.75) is 33.1 Å². The molecule has 0 saturated carbocycles. The van der Waals surface area contributed by atoms with Crippen molar-refractivity contribution in [2.24, 2.45) is 0 Å². The molecular formula is C22H28N2O5S. The monoisotopic (exact) mass is 432 g/mol. The summed E-state index contributed by atoms with van der Waals surface area (Å²) in [4.78, 5) is 24.5. The third-order valence-electron chi connectivity index (χ3n) is 4.46. The SMILES string of the molecule is CCCCOC(=O)c1ccc(NC(=O)CN(c2ccccc2CC)S(C)(=O)=O)cc1. The van der Waals surface area contributed by atoms with E-state index in [4.69, 9.17) is 4.74 Å². The highest BCUT2D eigenvalue weighted by molar-refractivity contribution is 7.92. The van der Waals surface area contributed by atoms with Gasteiger partial charge in [-0.2, -0.15) is 0 Å². The van der Waals surface area contributed by atoms with Crippen molar-refractivity contribution in [1.82, 2.24) is 0 Å². The molecule has 0 aromatic heterocycles. The van der Waals surface area contributed by atoms with Gasteiger partial charge >= 0.3 is 5.97 Å². The second kappa shape index (κ2) is 10.8. The van der Waals surface area contributed by atoms with Crippen LogP contribution < -0.4 is 9.62 Å². The molecule has 8 heteroatoms. The maximum atomic E-state index is 12.5. The Morgan fingerprint density at radius 3 is 2.30 bits per heavy atom. The van der Waals surface area contributed by atoms with Crippen molar-refractivity contribution in [3.63, 3.8) is 0 Å². The number of para-hydroxylation sites is 1. The molecule has 0 fully saturated rings. The number of carbonyl (C=O) groups is 2. The molecule has 0 aliphatic heterocycles. The molecule has 0 saturated heterocycles. The largest absolute Gasteiger partial charge is 0.462 e. The zero-order valence-corrected chi connectivity index (χ0v) is 18.4. The second-order valence-corrected chi connectivity index (χ2v) is 8.77. The minimum Gasteiger partial charge on any atom is -0.462 e. The normalized spacial score (nSPS) is 11.0. The number of anilines is 2. The fourth-order valence-corrected chi connectivity index (χ4v) is 3.73. The van der Waals surface area contributed by atoms with Gasteiger partial charge in [0, 0.05) is 5.69 Å². The lowest BCUT2D eigenvalue weighted by molar-refractivity contribution is -0.114. The van der Waals surface area contributed by atoms with E-state index >= 15 is 0 Å². The molecule has 0 atom stereocenters. The quantitative estimate of drug-likeness (QED) is 0.457. The summed E-state index contributed by atoms with van der Waals surface area (Å²) >= 11 is 0. The highest BCUT2D eigenvalue weighted by Gasteiger charge is 2.22. The number of nitrogens with one attached hydrogen (secondary N) is 1. The summed E-state index contributed by atoms with van der Waals surface area (Å²) in [5, 5.41) is 2.67. The lowest BCUT2D eigenvalue weighted by Gasteiger charge is -2.24. The molecule has 2 aromatic rings. The fourth-order valence-electron chi connectivity index (χ4n) is 2.85. The number of ether oxygens (including phenoxy) is 1. The van der Waals surface area contributed by atoms with E-state index in [0.29, 0.717) is 30.0 Å². The number of benzene rings is 2. The number of amides is 1. The Morgan fingerprint density at radius 1 is 1.03 bits per heavy atom. The summed E-state index contributed by atoms with van der Waals surface area (Å²) in [5.74, 6) is -0.898. The Bertz CT molecular complexity index is 971. The van der Waals surface area contributed by atoms with Crippen molar-refractivity contribution in [3.8, 4) is 0 Å². The van der Waals surface area contributed by atoms with Crippen LogP contribution in [-0.2, 0) is 26.0 Å². The molecule has 2 rings (SSSR count). The van der Waals surface area contributed by atoms with Gasteiger partial charge in [-0.15, -0.1) is 0 Å². The minimum atomic E-state index is -3.66. The number of sulfonamides is 1. The van der Waals surface area contributed by atoms with Gasteiger partial charge in [-0.3, -0.25) is 9.10 Å². The zero-order chi connectivity index (χ0) is 22.1. The Morgan fingerprint density at radius 2 is 1.70 bits per heavy atom. The maximum absolute atomic E-state index is 12.5. The second-order valence-electron chi connectivity index (χ2n) is 6.87. The van der Waals surface area contributed by atoms with Gasteiger partial charge in [-0.05, 0) is 48.7 Å². The molecule has 2 aromatic carbocycles. The van der Waals surface area contributed by atoms with Crippen LogP contribution in [0.25, 0.3) is 0 Å². The predicted octanol–water partition coefficient (Wildman–Crippen LogP) is 3.61. The number of carbonyl (C=O) groups excluding carboxylic acids is 2. The van der Waals surface area contributed by atoms with Gasteiger partial charge in [0.2, 0.25) is 15.9 Å². The van der Waals surface area contributed by atoms with E-state index < -0.39 is 21.9 Å². The van der Waals surface area contributed by atoms with Crippen LogP contribution in [-0.4, -0.2) is 39.7 Å². The van der Waals surface area contributed by atoms with Crippen molar-refractivity contribution >= 4 is 33.3 Å². The number of hydrogen-bond acceptors (Lipinski definition) is 5. The minimum absolute atomic E-state index is 0.351. The first-order valence-electron chi connectivity index (χ1n) is 9.89. The highest BCUT2D eigenvalue weighted by Crippen LogP contribution is 2.23. The summed E-state index contributed by atoms with van der Waals surface area (Å²) in [6, 6.07) is 13.4. The molecule has 7 nitrogen and oxygen atoms in total. The van der Waals surface area contributed by atoms with E-state index in [0.717, 1.165) is 29.0 Å². The molecule has 0 spiro atoms. The smallest absolute Gasteiger partial charge is 0.338 e. The molecule has 0 bridgehead atoms. The van der Waals surface area contributed by atoms with E-state index in [2.05, 4.69) is 5.32 Å². The number of esters is 1. The maximum Gasteiger partial charge on any atom is 0.338 e. The third-order valence-corrected chi connectivity index (χ3v) is 5.59. The van der Waals surface area contributed by atoms with Gasteiger partial charge < -0.3 is 10.1 Å². The van der Waals surface area contributed by atoms with E-state index in [-0.39, 0.29) is 6.54 Å². The van der Waals surface area contributed by atoms with E-state index in [1.54, 1.807) is 36.4 Å². The summed E-state index contributed by atoms with van der Waals surface area (Å²) < 4.78 is 30.9. The highest BCUT2D eigenvalue weighted by atomic mass is 32.2. The van der Waals surface area contributed by atoms with Gasteiger partial charge in [-0.25, -0.2) is 13.2 Å². The van der Waals surface area contributed by atoms with Crippen LogP contribution in [0.1, 0.15) is 42.6 Å². The van der Waals surface area contributed by atoms with Crippen LogP contribution in [0.3, 0.4) is 0 Å². The molecule has 1 amide bonds. The lowest BCUT2D eigenvalue weighted by Crippen LogP contribution is -2.38. The molecule has 0 heterocycles. The number of hydrogen-bond donors (Lipinski definition) is 1. The first-order chi connectivity index (χ1) is 14.3. The number of rotatable bonds is 10. The van der Waals surface area contributed by atoms with Gasteiger partial charge in [0.1, 0.15) is 6.54 Å².